The van der Waals surface area contributed by atoms with Crippen LogP contribution in [-0.4, -0.2) is 0 Å². The number of nitriles is 1. The monoisotopic (exact) mass is 163 g/mol. The Kier molecular flexibility index (Phi) is 2.44. The van der Waals surface area contributed by atoms with Crippen LogP contribution in [0.3, 0.4) is 0 Å². The Morgan fingerprint density at radius 2 is 2.17 bits per heavy atom. The standard InChI is InChI=1S/C10H10FN/c1-7-4-3-5-9(11)10(7)8(2)6-12/h3-5,8H,1-2H3. The second-order valence-corrected chi connectivity index (χ2v) is 2.82. The minimum absolute atomic E-state index is 0.288. The van der Waals surface area contributed by atoms with E-state index in [1.165, 1.54) is 6.07 Å². The summed E-state index contributed by atoms with van der Waals surface area (Å²) in [5, 5.41) is 8.62. The molecule has 0 aromatic heterocycles. The molecule has 12 heavy (non-hydrogen) atoms. The SMILES string of the molecule is Cc1cccc(F)c1C(C)C#N. The van der Waals surface area contributed by atoms with Gasteiger partial charge in [-0.2, -0.15) is 5.26 Å². The van der Waals surface area contributed by atoms with Crippen LogP contribution in [-0.2, 0) is 0 Å². The summed E-state index contributed by atoms with van der Waals surface area (Å²) in [4.78, 5) is 0. The zero-order valence-electron chi connectivity index (χ0n) is 7.13. The molecule has 0 aliphatic rings. The van der Waals surface area contributed by atoms with Gasteiger partial charge in [-0.25, -0.2) is 4.39 Å². The van der Waals surface area contributed by atoms with Crippen LogP contribution in [0, 0.1) is 24.1 Å². The number of aryl methyl sites for hydroxylation is 1. The van der Waals surface area contributed by atoms with Gasteiger partial charge in [-0.1, -0.05) is 12.1 Å². The topological polar surface area (TPSA) is 23.8 Å². The number of nitrogens with zero attached hydrogens (tertiary/aromatic N) is 1. The molecule has 1 atom stereocenters. The van der Waals surface area contributed by atoms with Gasteiger partial charge in [0.25, 0.3) is 0 Å². The minimum Gasteiger partial charge on any atom is -0.207 e. The summed E-state index contributed by atoms with van der Waals surface area (Å²) in [6.45, 7) is 3.51. The van der Waals surface area contributed by atoms with E-state index in [0.717, 1.165) is 5.56 Å². The van der Waals surface area contributed by atoms with Gasteiger partial charge in [0.05, 0.1) is 12.0 Å². The third-order valence-electron chi connectivity index (χ3n) is 1.90. The Labute approximate surface area is 71.4 Å². The lowest BCUT2D eigenvalue weighted by Gasteiger charge is -2.07. The van der Waals surface area contributed by atoms with Gasteiger partial charge in [-0.15, -0.1) is 0 Å². The second-order valence-electron chi connectivity index (χ2n) is 2.82. The molecule has 0 fully saturated rings. The molecule has 0 aliphatic heterocycles. The third kappa shape index (κ3) is 1.45. The molecule has 1 unspecified atom stereocenters. The molecule has 0 spiro atoms. The van der Waals surface area contributed by atoms with Crippen LogP contribution in [0.2, 0.25) is 0 Å². The lowest BCUT2D eigenvalue weighted by Crippen LogP contribution is -1.97. The smallest absolute Gasteiger partial charge is 0.127 e. The van der Waals surface area contributed by atoms with Crippen LogP contribution in [0.25, 0.3) is 0 Å². The first-order chi connectivity index (χ1) is 5.66. The molecule has 0 bridgehead atoms. The molecule has 0 saturated carbocycles. The number of benzene rings is 1. The normalized spacial score (nSPS) is 12.2. The molecule has 1 nitrogen and oxygen atoms in total. The molecule has 1 rings (SSSR count). The molecule has 0 aliphatic carbocycles. The van der Waals surface area contributed by atoms with Crippen molar-refractivity contribution < 1.29 is 4.39 Å². The van der Waals surface area contributed by atoms with E-state index in [4.69, 9.17) is 5.26 Å². The van der Waals surface area contributed by atoms with E-state index in [2.05, 4.69) is 0 Å². The predicted octanol–water partition coefficient (Wildman–Crippen LogP) is 2.76. The van der Waals surface area contributed by atoms with Crippen molar-refractivity contribution in [2.45, 2.75) is 19.8 Å². The zero-order chi connectivity index (χ0) is 9.14. The summed E-state index contributed by atoms with van der Waals surface area (Å²) in [6, 6.07) is 6.87. The van der Waals surface area contributed by atoms with Gasteiger partial charge in [0.1, 0.15) is 5.82 Å². The van der Waals surface area contributed by atoms with E-state index >= 15 is 0 Å². The van der Waals surface area contributed by atoms with Crippen LogP contribution in [0.15, 0.2) is 18.2 Å². The molecular formula is C10H10FN. The highest BCUT2D eigenvalue weighted by atomic mass is 19.1. The van der Waals surface area contributed by atoms with Crippen molar-refractivity contribution in [3.8, 4) is 6.07 Å². The van der Waals surface area contributed by atoms with Gasteiger partial charge in [-0.05, 0) is 25.5 Å². The Bertz CT molecular complexity index is 305. The highest BCUT2D eigenvalue weighted by Crippen LogP contribution is 2.21. The first-order valence-corrected chi connectivity index (χ1v) is 3.81. The molecule has 0 saturated heterocycles. The average molecular weight is 163 g/mol. The highest BCUT2D eigenvalue weighted by molar-refractivity contribution is 5.33. The lowest BCUT2D eigenvalue weighted by atomic mass is 9.97. The summed E-state index contributed by atoms with van der Waals surface area (Å²) in [6.07, 6.45) is 0. The maximum atomic E-state index is 13.1. The van der Waals surface area contributed by atoms with Gasteiger partial charge < -0.3 is 0 Å². The highest BCUT2D eigenvalue weighted by Gasteiger charge is 2.11. The minimum atomic E-state index is -0.369. The van der Waals surface area contributed by atoms with Crippen LogP contribution < -0.4 is 0 Å². The molecule has 0 N–H and O–H groups in total. The predicted molar refractivity (Wildman–Crippen MR) is 45.2 cm³/mol. The van der Waals surface area contributed by atoms with Crippen molar-refractivity contribution in [3.63, 3.8) is 0 Å². The largest absolute Gasteiger partial charge is 0.207 e. The van der Waals surface area contributed by atoms with E-state index in [0.29, 0.717) is 5.56 Å². The van der Waals surface area contributed by atoms with Crippen LogP contribution >= 0.6 is 0 Å². The van der Waals surface area contributed by atoms with Crippen molar-refractivity contribution in [2.24, 2.45) is 0 Å². The Morgan fingerprint density at radius 3 is 2.67 bits per heavy atom. The Hall–Kier alpha value is -1.36. The molecular weight excluding hydrogens is 153 g/mol. The number of hydrogen-bond donors (Lipinski definition) is 0. The summed E-state index contributed by atoms with van der Waals surface area (Å²) < 4.78 is 13.1. The summed E-state index contributed by atoms with van der Waals surface area (Å²) >= 11 is 0. The lowest BCUT2D eigenvalue weighted by molar-refractivity contribution is 0.604. The van der Waals surface area contributed by atoms with E-state index in [1.807, 2.05) is 19.1 Å². The van der Waals surface area contributed by atoms with Gasteiger partial charge in [0, 0.05) is 5.56 Å². The van der Waals surface area contributed by atoms with Gasteiger partial charge in [0.2, 0.25) is 0 Å². The molecule has 62 valence electrons. The molecule has 0 heterocycles. The molecule has 2 heteroatoms. The molecule has 0 radical (unpaired) electrons. The van der Waals surface area contributed by atoms with E-state index in [1.54, 1.807) is 13.0 Å². The summed E-state index contributed by atoms with van der Waals surface area (Å²) in [5.74, 6) is -0.657. The maximum absolute atomic E-state index is 13.1. The third-order valence-corrected chi connectivity index (χ3v) is 1.90. The average Bonchev–Trinajstić information content (AvgIpc) is 2.03. The molecule has 1 aromatic rings. The van der Waals surface area contributed by atoms with E-state index < -0.39 is 0 Å². The first-order valence-electron chi connectivity index (χ1n) is 3.81. The van der Waals surface area contributed by atoms with Gasteiger partial charge in [-0.3, -0.25) is 0 Å². The van der Waals surface area contributed by atoms with Crippen LogP contribution in [0.4, 0.5) is 4.39 Å². The van der Waals surface area contributed by atoms with Crippen LogP contribution in [0.5, 0.6) is 0 Å². The van der Waals surface area contributed by atoms with E-state index in [9.17, 15) is 4.39 Å². The fraction of sp³-hybridized carbons (Fsp3) is 0.300. The Morgan fingerprint density at radius 1 is 1.50 bits per heavy atom. The fourth-order valence-corrected chi connectivity index (χ4v) is 1.26. The number of halogens is 1. The summed E-state index contributed by atoms with van der Waals surface area (Å²) in [7, 11) is 0. The van der Waals surface area contributed by atoms with Crippen molar-refractivity contribution in [1.29, 1.82) is 5.26 Å². The zero-order valence-corrected chi connectivity index (χ0v) is 7.13. The number of rotatable bonds is 1. The van der Waals surface area contributed by atoms with Crippen molar-refractivity contribution in [2.75, 3.05) is 0 Å². The number of hydrogen-bond acceptors (Lipinski definition) is 1. The van der Waals surface area contributed by atoms with Crippen LogP contribution in [0.1, 0.15) is 24.0 Å². The van der Waals surface area contributed by atoms with Gasteiger partial charge in [0.15, 0.2) is 0 Å². The first kappa shape index (κ1) is 8.73. The quantitative estimate of drug-likeness (QED) is 0.624. The fourth-order valence-electron chi connectivity index (χ4n) is 1.26. The van der Waals surface area contributed by atoms with E-state index in [-0.39, 0.29) is 11.7 Å². The summed E-state index contributed by atoms with van der Waals surface area (Å²) in [5.41, 5.74) is 1.35. The van der Waals surface area contributed by atoms with Crippen molar-refractivity contribution >= 4 is 0 Å². The van der Waals surface area contributed by atoms with Crippen molar-refractivity contribution in [1.82, 2.24) is 0 Å². The molecule has 0 amide bonds. The molecule has 1 aromatic carbocycles. The van der Waals surface area contributed by atoms with Gasteiger partial charge >= 0.3 is 0 Å². The van der Waals surface area contributed by atoms with Crippen molar-refractivity contribution in [3.05, 3.63) is 35.1 Å². The maximum Gasteiger partial charge on any atom is 0.127 e. The Balaban J connectivity index is 3.23. The second kappa shape index (κ2) is 3.36.